The zero-order valence-electron chi connectivity index (χ0n) is 20.0. The van der Waals surface area contributed by atoms with E-state index in [4.69, 9.17) is 4.98 Å². The maximum Gasteiger partial charge on any atom is 0.310 e. The zero-order chi connectivity index (χ0) is 24.6. The van der Waals surface area contributed by atoms with Gasteiger partial charge in [-0.3, -0.25) is 14.4 Å². The van der Waals surface area contributed by atoms with Crippen molar-refractivity contribution in [3.63, 3.8) is 0 Å². The van der Waals surface area contributed by atoms with Crippen molar-refractivity contribution in [2.24, 2.45) is 0 Å². The van der Waals surface area contributed by atoms with E-state index in [1.54, 1.807) is 24.3 Å². The molecule has 3 heterocycles. The Labute approximate surface area is 206 Å². The van der Waals surface area contributed by atoms with E-state index in [2.05, 4.69) is 22.8 Å². The van der Waals surface area contributed by atoms with Crippen LogP contribution < -0.4 is 10.6 Å². The molecule has 0 saturated carbocycles. The topological polar surface area (TPSA) is 112 Å². The third kappa shape index (κ3) is 6.81. The Bertz CT molecular complexity index is 1040. The van der Waals surface area contributed by atoms with E-state index in [-0.39, 0.29) is 30.7 Å². The second kappa shape index (κ2) is 11.8. The molecule has 0 spiro atoms. The van der Waals surface area contributed by atoms with Gasteiger partial charge in [-0.2, -0.15) is 0 Å². The number of fused-ring (bicyclic) bond motifs is 1. The average molecular weight is 479 g/mol. The van der Waals surface area contributed by atoms with Crippen molar-refractivity contribution < 1.29 is 19.5 Å². The van der Waals surface area contributed by atoms with Gasteiger partial charge in [0, 0.05) is 44.2 Å². The Morgan fingerprint density at radius 2 is 1.97 bits per heavy atom. The normalized spacial score (nSPS) is 17.8. The highest BCUT2D eigenvalue weighted by Crippen LogP contribution is 2.22. The molecule has 0 unspecified atom stereocenters. The van der Waals surface area contributed by atoms with Crippen molar-refractivity contribution in [2.45, 2.75) is 63.3 Å². The lowest BCUT2D eigenvalue weighted by Crippen LogP contribution is -2.38. The maximum absolute atomic E-state index is 12.7. The zero-order valence-corrected chi connectivity index (χ0v) is 20.0. The summed E-state index contributed by atoms with van der Waals surface area (Å²) in [5.41, 5.74) is 2.97. The van der Waals surface area contributed by atoms with Crippen LogP contribution in [0.1, 0.15) is 61.3 Å². The van der Waals surface area contributed by atoms with Gasteiger partial charge in [-0.25, -0.2) is 4.98 Å². The van der Waals surface area contributed by atoms with Crippen LogP contribution in [-0.2, 0) is 27.2 Å². The minimum absolute atomic E-state index is 0.0835. The number of amides is 2. The van der Waals surface area contributed by atoms with E-state index in [0.29, 0.717) is 25.1 Å². The van der Waals surface area contributed by atoms with Crippen LogP contribution >= 0.6 is 0 Å². The number of carbonyl (C=O) groups excluding carboxylic acids is 2. The fraction of sp³-hybridized carbons (Fsp3) is 0.481. The van der Waals surface area contributed by atoms with Gasteiger partial charge in [0.1, 0.15) is 5.82 Å². The van der Waals surface area contributed by atoms with Crippen molar-refractivity contribution in [3.8, 4) is 0 Å². The predicted molar refractivity (Wildman–Crippen MR) is 133 cm³/mol. The third-order valence-corrected chi connectivity index (χ3v) is 6.84. The summed E-state index contributed by atoms with van der Waals surface area (Å²) in [5.74, 6) is -0.712. The fourth-order valence-corrected chi connectivity index (χ4v) is 4.88. The summed E-state index contributed by atoms with van der Waals surface area (Å²) >= 11 is 0. The molecule has 2 aliphatic heterocycles. The summed E-state index contributed by atoms with van der Waals surface area (Å²) in [4.78, 5) is 43.2. The Morgan fingerprint density at radius 3 is 2.77 bits per heavy atom. The average Bonchev–Trinajstić information content (AvgIpc) is 3.33. The van der Waals surface area contributed by atoms with Gasteiger partial charge in [-0.1, -0.05) is 36.4 Å². The number of carbonyl (C=O) groups is 3. The molecule has 4 rings (SSSR count). The molecule has 3 N–H and O–H groups in total. The molecule has 35 heavy (non-hydrogen) atoms. The molecule has 2 aliphatic rings. The number of hydrogen-bond donors (Lipinski definition) is 3. The quantitative estimate of drug-likeness (QED) is 0.484. The number of rotatable bonds is 10. The largest absolute Gasteiger partial charge is 0.481 e. The van der Waals surface area contributed by atoms with Crippen molar-refractivity contribution in [1.82, 2.24) is 15.2 Å². The smallest absolute Gasteiger partial charge is 0.310 e. The second-order valence-corrected chi connectivity index (χ2v) is 9.43. The van der Waals surface area contributed by atoms with Gasteiger partial charge in [-0.15, -0.1) is 0 Å². The number of anilines is 1. The van der Waals surface area contributed by atoms with Crippen molar-refractivity contribution >= 4 is 23.6 Å². The first kappa shape index (κ1) is 24.7. The number of hydrogen-bond acceptors (Lipinski definition) is 5. The first-order valence-corrected chi connectivity index (χ1v) is 12.6. The number of nitrogens with zero attached hydrogens (tertiary/aromatic N) is 2. The molecule has 1 aromatic carbocycles. The molecule has 0 aliphatic carbocycles. The van der Waals surface area contributed by atoms with Crippen LogP contribution in [0.3, 0.4) is 0 Å². The minimum Gasteiger partial charge on any atom is -0.481 e. The second-order valence-electron chi connectivity index (χ2n) is 9.43. The molecule has 2 amide bonds. The molecule has 0 radical (unpaired) electrons. The number of carboxylic acid groups (broad SMARTS) is 1. The number of aliphatic carboxylic acids is 1. The van der Waals surface area contributed by atoms with Crippen molar-refractivity contribution in [1.29, 1.82) is 0 Å². The number of likely N-dealkylation sites (tertiary alicyclic amines) is 1. The molecule has 1 aromatic heterocycles. The van der Waals surface area contributed by atoms with Crippen LogP contribution in [-0.4, -0.2) is 58.5 Å². The molecule has 186 valence electrons. The van der Waals surface area contributed by atoms with E-state index >= 15 is 0 Å². The molecule has 1 fully saturated rings. The van der Waals surface area contributed by atoms with E-state index in [1.807, 2.05) is 11.0 Å². The summed E-state index contributed by atoms with van der Waals surface area (Å²) in [5, 5.41) is 15.9. The van der Waals surface area contributed by atoms with Crippen LogP contribution in [0.5, 0.6) is 0 Å². The standard InChI is InChI=1S/C27H34N4O4/c32-24(14-13-23(27(34)35)19-6-2-1-3-7-19)29-22-15-17-31(18-22)25(33)10-4-9-21-12-11-20-8-5-16-28-26(20)30-21/h1-3,6-7,11-12,22-23H,4-5,8-10,13-18H2,(H,28,30)(H,29,32)(H,34,35)/t22-,23-/m1/s1. The van der Waals surface area contributed by atoms with Crippen LogP contribution in [0, 0.1) is 0 Å². The molecule has 8 heteroatoms. The minimum atomic E-state index is -0.927. The number of aryl methyl sites for hydroxylation is 2. The van der Waals surface area contributed by atoms with Crippen molar-refractivity contribution in [2.75, 3.05) is 25.0 Å². The Morgan fingerprint density at radius 1 is 1.14 bits per heavy atom. The van der Waals surface area contributed by atoms with Crippen LogP contribution in [0.25, 0.3) is 0 Å². The van der Waals surface area contributed by atoms with Crippen molar-refractivity contribution in [3.05, 3.63) is 59.3 Å². The number of aromatic nitrogens is 1. The first-order valence-electron chi connectivity index (χ1n) is 12.6. The lowest BCUT2D eigenvalue weighted by atomic mass is 9.94. The van der Waals surface area contributed by atoms with Gasteiger partial charge in [0.05, 0.1) is 5.92 Å². The SMILES string of the molecule is O=C(CC[C@@H](C(=O)O)c1ccccc1)N[C@@H]1CCN(C(=O)CCCc2ccc3c(n2)NCCC3)C1. The predicted octanol–water partition coefficient (Wildman–Crippen LogP) is 3.13. The number of benzene rings is 1. The number of nitrogens with one attached hydrogen (secondary N) is 2. The van der Waals surface area contributed by atoms with Gasteiger partial charge in [0.25, 0.3) is 0 Å². The molecule has 1 saturated heterocycles. The maximum atomic E-state index is 12.7. The molecule has 0 bridgehead atoms. The third-order valence-electron chi connectivity index (χ3n) is 6.84. The Hall–Kier alpha value is -3.42. The van der Waals surface area contributed by atoms with Crippen LogP contribution in [0.2, 0.25) is 0 Å². The van der Waals surface area contributed by atoms with Gasteiger partial charge >= 0.3 is 5.97 Å². The van der Waals surface area contributed by atoms with Gasteiger partial charge in [-0.05, 0) is 55.7 Å². The Kier molecular flexibility index (Phi) is 8.34. The molecular weight excluding hydrogens is 444 g/mol. The Balaban J connectivity index is 1.17. The monoisotopic (exact) mass is 478 g/mol. The molecule has 8 nitrogen and oxygen atoms in total. The van der Waals surface area contributed by atoms with Crippen LogP contribution in [0.15, 0.2) is 42.5 Å². The van der Waals surface area contributed by atoms with E-state index < -0.39 is 11.9 Å². The highest BCUT2D eigenvalue weighted by atomic mass is 16.4. The molecule has 2 aromatic rings. The molecular formula is C27H34N4O4. The summed E-state index contributed by atoms with van der Waals surface area (Å²) in [7, 11) is 0. The van der Waals surface area contributed by atoms with E-state index in [0.717, 1.165) is 50.2 Å². The van der Waals surface area contributed by atoms with E-state index in [9.17, 15) is 19.5 Å². The molecule has 2 atom stereocenters. The number of pyridine rings is 1. The van der Waals surface area contributed by atoms with E-state index in [1.165, 1.54) is 5.56 Å². The first-order chi connectivity index (χ1) is 17.0. The summed E-state index contributed by atoms with van der Waals surface area (Å²) in [6.45, 7) is 2.10. The lowest BCUT2D eigenvalue weighted by Gasteiger charge is -2.18. The fourth-order valence-electron chi connectivity index (χ4n) is 4.88. The summed E-state index contributed by atoms with van der Waals surface area (Å²) < 4.78 is 0. The van der Waals surface area contributed by atoms with Gasteiger partial charge in [0.2, 0.25) is 11.8 Å². The van der Waals surface area contributed by atoms with Gasteiger partial charge in [0.15, 0.2) is 0 Å². The highest BCUT2D eigenvalue weighted by molar-refractivity contribution is 5.80. The van der Waals surface area contributed by atoms with Gasteiger partial charge < -0.3 is 20.6 Å². The number of carboxylic acids is 1. The summed E-state index contributed by atoms with van der Waals surface area (Å²) in [6.07, 6.45) is 5.27. The highest BCUT2D eigenvalue weighted by Gasteiger charge is 2.28. The lowest BCUT2D eigenvalue weighted by molar-refractivity contribution is -0.139. The summed E-state index contributed by atoms with van der Waals surface area (Å²) in [6, 6.07) is 13.1. The van der Waals surface area contributed by atoms with Crippen LogP contribution in [0.4, 0.5) is 5.82 Å².